The molecule has 1 aromatic rings. The third-order valence-electron chi connectivity index (χ3n) is 2.51. The number of nitrogens with zero attached hydrogens (tertiary/aromatic N) is 1. The standard InChI is InChI=1S/C10H15NOS2/c12-5-8-6-14-10(11-8)7-13-9-3-1-2-4-9/h6,9,12H,1-5,7H2. The molecular weight excluding hydrogens is 214 g/mol. The molecule has 14 heavy (non-hydrogen) atoms. The van der Waals surface area contributed by atoms with Gasteiger partial charge in [0, 0.05) is 16.4 Å². The topological polar surface area (TPSA) is 33.1 Å². The first-order valence-electron chi connectivity index (χ1n) is 5.04. The van der Waals surface area contributed by atoms with Crippen LogP contribution in [0.25, 0.3) is 0 Å². The summed E-state index contributed by atoms with van der Waals surface area (Å²) >= 11 is 3.69. The van der Waals surface area contributed by atoms with Crippen molar-refractivity contribution in [3.05, 3.63) is 16.1 Å². The largest absolute Gasteiger partial charge is 0.390 e. The van der Waals surface area contributed by atoms with Crippen molar-refractivity contribution >= 4 is 23.1 Å². The second-order valence-corrected chi connectivity index (χ2v) is 5.84. The zero-order chi connectivity index (χ0) is 9.80. The van der Waals surface area contributed by atoms with Gasteiger partial charge in [0.1, 0.15) is 5.01 Å². The van der Waals surface area contributed by atoms with Crippen LogP contribution in [0.2, 0.25) is 0 Å². The first-order valence-corrected chi connectivity index (χ1v) is 6.97. The number of hydrogen-bond donors (Lipinski definition) is 1. The lowest BCUT2D eigenvalue weighted by Crippen LogP contribution is -1.94. The molecule has 0 bridgehead atoms. The summed E-state index contributed by atoms with van der Waals surface area (Å²) in [5, 5.41) is 12.8. The highest BCUT2D eigenvalue weighted by Gasteiger charge is 2.15. The Hall–Kier alpha value is -0.0600. The fourth-order valence-corrected chi connectivity index (χ4v) is 3.89. The van der Waals surface area contributed by atoms with E-state index >= 15 is 0 Å². The van der Waals surface area contributed by atoms with E-state index in [1.807, 2.05) is 17.1 Å². The molecule has 0 spiro atoms. The Bertz CT molecular complexity index is 281. The average molecular weight is 229 g/mol. The van der Waals surface area contributed by atoms with Crippen molar-refractivity contribution < 1.29 is 5.11 Å². The molecule has 0 aromatic carbocycles. The van der Waals surface area contributed by atoms with E-state index in [4.69, 9.17) is 5.11 Å². The van der Waals surface area contributed by atoms with E-state index in [1.165, 1.54) is 25.7 Å². The highest BCUT2D eigenvalue weighted by molar-refractivity contribution is 7.99. The quantitative estimate of drug-likeness (QED) is 0.862. The van der Waals surface area contributed by atoms with Gasteiger partial charge in [0.2, 0.25) is 0 Å². The lowest BCUT2D eigenvalue weighted by Gasteiger charge is -2.05. The molecule has 0 radical (unpaired) electrons. The maximum absolute atomic E-state index is 8.87. The lowest BCUT2D eigenvalue weighted by molar-refractivity contribution is 0.277. The minimum Gasteiger partial charge on any atom is -0.390 e. The van der Waals surface area contributed by atoms with Gasteiger partial charge in [-0.3, -0.25) is 0 Å². The predicted octanol–water partition coefficient (Wildman–Crippen LogP) is 2.81. The van der Waals surface area contributed by atoms with Crippen molar-refractivity contribution in [3.63, 3.8) is 0 Å². The number of thioether (sulfide) groups is 1. The van der Waals surface area contributed by atoms with Gasteiger partial charge < -0.3 is 5.11 Å². The van der Waals surface area contributed by atoms with Gasteiger partial charge >= 0.3 is 0 Å². The molecule has 1 aliphatic carbocycles. The van der Waals surface area contributed by atoms with Crippen molar-refractivity contribution in [2.75, 3.05) is 0 Å². The van der Waals surface area contributed by atoms with Gasteiger partial charge in [0.25, 0.3) is 0 Å². The second kappa shape index (κ2) is 5.14. The van der Waals surface area contributed by atoms with Crippen molar-refractivity contribution in [1.82, 2.24) is 4.98 Å². The SMILES string of the molecule is OCc1csc(CSC2CCCC2)n1. The van der Waals surface area contributed by atoms with E-state index < -0.39 is 0 Å². The zero-order valence-electron chi connectivity index (χ0n) is 8.11. The Morgan fingerprint density at radius 1 is 1.50 bits per heavy atom. The van der Waals surface area contributed by atoms with E-state index in [1.54, 1.807) is 11.3 Å². The van der Waals surface area contributed by atoms with Crippen LogP contribution in [0.5, 0.6) is 0 Å². The van der Waals surface area contributed by atoms with E-state index in [0.717, 1.165) is 21.7 Å². The van der Waals surface area contributed by atoms with E-state index in [2.05, 4.69) is 4.98 Å². The maximum Gasteiger partial charge on any atom is 0.103 e. The third-order valence-corrected chi connectivity index (χ3v) is 4.97. The minimum atomic E-state index is 0.0740. The van der Waals surface area contributed by atoms with Gasteiger partial charge in [0.05, 0.1) is 12.3 Å². The summed E-state index contributed by atoms with van der Waals surface area (Å²) in [6, 6.07) is 0. The van der Waals surface area contributed by atoms with Gasteiger partial charge in [-0.25, -0.2) is 4.98 Å². The smallest absolute Gasteiger partial charge is 0.103 e. The summed E-state index contributed by atoms with van der Waals surface area (Å²) < 4.78 is 0. The Balaban J connectivity index is 1.79. The summed E-state index contributed by atoms with van der Waals surface area (Å²) in [5.74, 6) is 1.02. The van der Waals surface area contributed by atoms with Crippen molar-refractivity contribution in [1.29, 1.82) is 0 Å². The normalized spacial score (nSPS) is 17.8. The van der Waals surface area contributed by atoms with Crippen LogP contribution in [0, 0.1) is 0 Å². The first-order chi connectivity index (χ1) is 6.88. The van der Waals surface area contributed by atoms with Gasteiger partial charge in [-0.2, -0.15) is 11.8 Å². The summed E-state index contributed by atoms with van der Waals surface area (Å²) in [4.78, 5) is 4.34. The van der Waals surface area contributed by atoms with Crippen LogP contribution in [-0.4, -0.2) is 15.3 Å². The fraction of sp³-hybridized carbons (Fsp3) is 0.700. The second-order valence-electron chi connectivity index (χ2n) is 3.61. The molecule has 78 valence electrons. The number of aromatic nitrogens is 1. The third kappa shape index (κ3) is 2.72. The molecule has 1 aromatic heterocycles. The summed E-state index contributed by atoms with van der Waals surface area (Å²) in [6.45, 7) is 0.0740. The van der Waals surface area contributed by atoms with E-state index in [9.17, 15) is 0 Å². The molecule has 4 heteroatoms. The molecule has 1 saturated carbocycles. The van der Waals surface area contributed by atoms with Crippen molar-refractivity contribution in [2.45, 2.75) is 43.3 Å². The summed E-state index contributed by atoms with van der Waals surface area (Å²) in [6.07, 6.45) is 5.56. The molecule has 2 rings (SSSR count). The van der Waals surface area contributed by atoms with Gasteiger partial charge in [-0.15, -0.1) is 11.3 Å². The van der Waals surface area contributed by atoms with Crippen LogP contribution in [0.15, 0.2) is 5.38 Å². The fourth-order valence-electron chi connectivity index (χ4n) is 1.73. The lowest BCUT2D eigenvalue weighted by atomic mass is 10.4. The Kier molecular flexibility index (Phi) is 3.84. The molecular formula is C10H15NOS2. The van der Waals surface area contributed by atoms with E-state index in [-0.39, 0.29) is 6.61 Å². The van der Waals surface area contributed by atoms with E-state index in [0.29, 0.717) is 0 Å². The first kappa shape index (κ1) is 10.5. The summed E-state index contributed by atoms with van der Waals surface area (Å²) in [7, 11) is 0. The number of hydrogen-bond acceptors (Lipinski definition) is 4. The minimum absolute atomic E-state index is 0.0740. The highest BCUT2D eigenvalue weighted by atomic mass is 32.2. The van der Waals surface area contributed by atoms with Gasteiger partial charge in [-0.1, -0.05) is 12.8 Å². The van der Waals surface area contributed by atoms with Gasteiger partial charge in [-0.05, 0) is 12.8 Å². The molecule has 0 unspecified atom stereocenters. The van der Waals surface area contributed by atoms with Crippen LogP contribution in [0.3, 0.4) is 0 Å². The number of aliphatic hydroxyl groups excluding tert-OH is 1. The van der Waals surface area contributed by atoms with Crippen molar-refractivity contribution in [3.8, 4) is 0 Å². The number of rotatable bonds is 4. The predicted molar refractivity (Wildman–Crippen MR) is 61.6 cm³/mol. The van der Waals surface area contributed by atoms with Crippen LogP contribution >= 0.6 is 23.1 Å². The Labute approximate surface area is 92.8 Å². The maximum atomic E-state index is 8.87. The van der Waals surface area contributed by atoms with Crippen LogP contribution in [-0.2, 0) is 12.4 Å². The molecule has 1 N–H and O–H groups in total. The van der Waals surface area contributed by atoms with Crippen LogP contribution in [0.4, 0.5) is 0 Å². The zero-order valence-corrected chi connectivity index (χ0v) is 9.74. The molecule has 0 atom stereocenters. The van der Waals surface area contributed by atoms with Crippen LogP contribution in [0.1, 0.15) is 36.4 Å². The molecule has 1 fully saturated rings. The molecule has 0 saturated heterocycles. The molecule has 1 heterocycles. The molecule has 1 aliphatic rings. The van der Waals surface area contributed by atoms with Crippen LogP contribution < -0.4 is 0 Å². The summed E-state index contributed by atoms with van der Waals surface area (Å²) in [5.41, 5.74) is 0.817. The van der Waals surface area contributed by atoms with Gasteiger partial charge in [0.15, 0.2) is 0 Å². The highest BCUT2D eigenvalue weighted by Crippen LogP contribution is 2.32. The van der Waals surface area contributed by atoms with Crippen molar-refractivity contribution in [2.24, 2.45) is 0 Å². The average Bonchev–Trinajstić information content (AvgIpc) is 2.86. The molecule has 0 amide bonds. The molecule has 2 nitrogen and oxygen atoms in total. The number of thiazole rings is 1. The Morgan fingerprint density at radius 3 is 2.93 bits per heavy atom. The molecule has 0 aliphatic heterocycles. The monoisotopic (exact) mass is 229 g/mol. The number of aliphatic hydroxyl groups is 1. The Morgan fingerprint density at radius 2 is 2.29 bits per heavy atom.